The Hall–Kier alpha value is -8.06. The van der Waals surface area contributed by atoms with Crippen molar-refractivity contribution in [3.63, 3.8) is 0 Å². The molecule has 5 atom stereocenters. The van der Waals surface area contributed by atoms with Gasteiger partial charge in [-0.2, -0.15) is 0 Å². The number of carbonyl (C=O) groups is 8. The number of fused-ring (bicyclic) bond motifs is 5. The first-order valence-electron chi connectivity index (χ1n) is 27.0. The molecular weight excluding hydrogens is 1050 g/mol. The SMILES string of the molecule is COc1cccc2c1C(=O)c1c(O)c3c(c(O)c1C2=O)C[C@@](O)(C(=O)NCCNC(=O)CNC(=O)CNC(=O)CNC(=O)CCCCC(=O)N1Cc2ccccc2/C=C\c2ccccc21)C[C@@H]3OC1CC[C@H](OC2COCCN2)CO1. The lowest BCUT2D eigenvalue weighted by molar-refractivity contribution is -0.233. The van der Waals surface area contributed by atoms with Crippen LogP contribution >= 0.6 is 0 Å². The molecule has 2 fully saturated rings. The van der Waals surface area contributed by atoms with Crippen LogP contribution in [-0.4, -0.2) is 153 Å². The third kappa shape index (κ3) is 13.4. The minimum atomic E-state index is -2.34. The molecule has 0 radical (unpaired) electrons. The summed E-state index contributed by atoms with van der Waals surface area (Å²) in [5, 5.41) is 51.5. The van der Waals surface area contributed by atoms with Gasteiger partial charge < -0.3 is 70.5 Å². The predicted molar refractivity (Wildman–Crippen MR) is 290 cm³/mol. The first-order chi connectivity index (χ1) is 39.1. The van der Waals surface area contributed by atoms with E-state index in [4.69, 9.17) is 23.7 Å². The molecule has 6 amide bonds. The van der Waals surface area contributed by atoms with Crippen LogP contribution in [0.25, 0.3) is 12.2 Å². The number of unbranched alkanes of at least 4 members (excludes halogenated alkanes) is 1. The number of hydrogen-bond donors (Lipinski definition) is 9. The van der Waals surface area contributed by atoms with E-state index in [1.807, 2.05) is 60.7 Å². The quantitative estimate of drug-likeness (QED) is 0.0397. The summed E-state index contributed by atoms with van der Waals surface area (Å²) in [4.78, 5) is 107. The summed E-state index contributed by atoms with van der Waals surface area (Å²) >= 11 is 0. The number of morpholine rings is 1. The first kappa shape index (κ1) is 57.6. The average Bonchev–Trinajstić information content (AvgIpc) is 3.52. The maximum absolute atomic E-state index is 14.1. The van der Waals surface area contributed by atoms with Gasteiger partial charge in [0.2, 0.25) is 35.3 Å². The van der Waals surface area contributed by atoms with Crippen molar-refractivity contribution in [3.8, 4) is 17.2 Å². The molecule has 3 aliphatic heterocycles. The Morgan fingerprint density at radius 3 is 2.14 bits per heavy atom. The molecule has 23 nitrogen and oxygen atoms in total. The van der Waals surface area contributed by atoms with Gasteiger partial charge in [-0.05, 0) is 48.1 Å². The fourth-order valence-electron chi connectivity index (χ4n) is 10.6. The number of methoxy groups -OCH3 is 1. The number of carbonyl (C=O) groups excluding carboxylic acids is 8. The van der Waals surface area contributed by atoms with Crippen molar-refractivity contribution in [3.05, 3.63) is 117 Å². The number of ketones is 2. The molecule has 3 heterocycles. The number of phenols is 2. The van der Waals surface area contributed by atoms with Crippen molar-refractivity contribution in [2.45, 2.75) is 88.2 Å². The van der Waals surface area contributed by atoms with Gasteiger partial charge in [0.25, 0.3) is 5.91 Å². The zero-order valence-corrected chi connectivity index (χ0v) is 44.6. The number of aromatic hydroxyl groups is 2. The maximum Gasteiger partial charge on any atom is 0.252 e. The molecule has 0 bridgehead atoms. The molecule has 23 heteroatoms. The molecule has 428 valence electrons. The number of anilines is 1. The molecule has 2 saturated heterocycles. The normalized spacial score (nSPS) is 21.2. The van der Waals surface area contributed by atoms with Crippen LogP contribution in [0.1, 0.15) is 111 Å². The summed E-state index contributed by atoms with van der Waals surface area (Å²) in [5.41, 5.74) is -0.0734. The summed E-state index contributed by atoms with van der Waals surface area (Å²) in [7, 11) is 1.32. The number of hydrogen-bond acceptors (Lipinski definition) is 17. The van der Waals surface area contributed by atoms with Crippen molar-refractivity contribution in [2.75, 3.05) is 71.1 Å². The van der Waals surface area contributed by atoms with Crippen LogP contribution < -0.4 is 41.5 Å². The lowest BCUT2D eigenvalue weighted by atomic mass is 9.72. The third-order valence-corrected chi connectivity index (χ3v) is 14.7. The van der Waals surface area contributed by atoms with Crippen molar-refractivity contribution >= 4 is 64.8 Å². The smallest absolute Gasteiger partial charge is 0.252 e. The van der Waals surface area contributed by atoms with E-state index in [2.05, 4.69) is 31.9 Å². The van der Waals surface area contributed by atoms with Crippen LogP contribution in [-0.2, 0) is 60.7 Å². The second-order valence-electron chi connectivity index (χ2n) is 20.2. The number of rotatable bonds is 20. The fraction of sp³-hybridized carbons (Fsp3) is 0.414. The minimum absolute atomic E-state index is 0.0728. The highest BCUT2D eigenvalue weighted by Crippen LogP contribution is 2.52. The molecule has 2 unspecified atom stereocenters. The van der Waals surface area contributed by atoms with Crippen LogP contribution in [0.5, 0.6) is 17.2 Å². The average molecular weight is 1120 g/mol. The number of benzene rings is 4. The zero-order valence-electron chi connectivity index (χ0n) is 44.6. The summed E-state index contributed by atoms with van der Waals surface area (Å²) < 4.78 is 29.3. The number of ether oxygens (including phenoxy) is 5. The number of para-hydroxylation sites is 1. The fourth-order valence-corrected chi connectivity index (χ4v) is 10.6. The summed E-state index contributed by atoms with van der Waals surface area (Å²) in [6, 6.07) is 19.9. The highest BCUT2D eigenvalue weighted by Gasteiger charge is 2.50. The van der Waals surface area contributed by atoms with E-state index in [9.17, 15) is 53.7 Å². The Kier molecular flexibility index (Phi) is 18.5. The maximum atomic E-state index is 14.1. The molecule has 4 aromatic rings. The van der Waals surface area contributed by atoms with E-state index in [1.165, 1.54) is 25.3 Å². The van der Waals surface area contributed by atoms with Gasteiger partial charge >= 0.3 is 0 Å². The largest absolute Gasteiger partial charge is 0.507 e. The topological polar surface area (TPSA) is 319 Å². The van der Waals surface area contributed by atoms with E-state index in [-0.39, 0.29) is 85.2 Å². The van der Waals surface area contributed by atoms with Gasteiger partial charge in [-0.1, -0.05) is 66.7 Å². The molecule has 0 aromatic heterocycles. The van der Waals surface area contributed by atoms with Gasteiger partial charge in [0.15, 0.2) is 12.1 Å². The first-order valence-corrected chi connectivity index (χ1v) is 27.0. The number of nitrogens with one attached hydrogen (secondary N) is 6. The number of aliphatic hydroxyl groups is 1. The lowest BCUT2D eigenvalue weighted by Gasteiger charge is -2.41. The number of phenolic OH excluding ortho intramolecular Hbond substituents is 2. The van der Waals surface area contributed by atoms with Gasteiger partial charge in [0.05, 0.1) is 87.7 Å². The standard InChI is InChI=1S/C58H65N7O16/c1-77-40-14-8-12-37-49(40)55(73)52-51(53(37)71)54(72)38-25-58(76,26-41(50(38)56(52)74)81-48-20-19-36(31-79-48)80-46-32-78-24-23-60-46)57(75)61-22-21-59-43(67)27-63-45(69)29-64-44(68)28-62-42(66)15-6-7-16-47(70)65-30-35-11-3-2-9-33(35)17-18-34-10-4-5-13-39(34)65/h2-5,8-14,17-18,36,41,46,48,60,72,74,76H,6-7,15-16,19-32H2,1H3,(H,59,67)(H,61,75)(H,62,66)(H,63,69)(H,64,68)/b18-17-/t36-,41-,46?,48?,58-/m0/s1. The molecule has 9 rings (SSSR count). The second-order valence-corrected chi connectivity index (χ2v) is 20.2. The van der Waals surface area contributed by atoms with Crippen molar-refractivity contribution in [1.29, 1.82) is 0 Å². The van der Waals surface area contributed by atoms with Crippen LogP contribution in [0.15, 0.2) is 66.7 Å². The second kappa shape index (κ2) is 26.0. The predicted octanol–water partition coefficient (Wildman–Crippen LogP) is 1.94. The van der Waals surface area contributed by atoms with Crippen molar-refractivity contribution < 1.29 is 77.4 Å². The zero-order chi connectivity index (χ0) is 57.2. The highest BCUT2D eigenvalue weighted by molar-refractivity contribution is 6.31. The van der Waals surface area contributed by atoms with E-state index in [0.717, 1.165) is 22.4 Å². The van der Waals surface area contributed by atoms with E-state index in [1.54, 1.807) is 4.90 Å². The molecule has 0 spiro atoms. The van der Waals surface area contributed by atoms with Crippen LogP contribution in [0, 0.1) is 0 Å². The van der Waals surface area contributed by atoms with Crippen molar-refractivity contribution in [1.82, 2.24) is 31.9 Å². The third-order valence-electron chi connectivity index (χ3n) is 14.7. The molecule has 81 heavy (non-hydrogen) atoms. The van der Waals surface area contributed by atoms with Gasteiger partial charge in [-0.15, -0.1) is 0 Å². The molecule has 0 saturated carbocycles. The van der Waals surface area contributed by atoms with Gasteiger partial charge in [0, 0.05) is 68.4 Å². The van der Waals surface area contributed by atoms with E-state index < -0.39 is 114 Å². The van der Waals surface area contributed by atoms with E-state index in [0.29, 0.717) is 45.6 Å². The Bertz CT molecular complexity index is 3120. The molecule has 9 N–H and O–H groups in total. The number of nitrogens with zero attached hydrogens (tertiary/aromatic N) is 1. The Labute approximate surface area is 466 Å². The minimum Gasteiger partial charge on any atom is -0.507 e. The summed E-state index contributed by atoms with van der Waals surface area (Å²) in [6.07, 6.45) is 1.83. The Morgan fingerprint density at radius 2 is 1.41 bits per heavy atom. The number of amides is 6. The molecule has 2 aliphatic carbocycles. The highest BCUT2D eigenvalue weighted by atomic mass is 16.7. The van der Waals surface area contributed by atoms with E-state index >= 15 is 0 Å². The van der Waals surface area contributed by atoms with Gasteiger partial charge in [0.1, 0.15) is 29.1 Å². The summed E-state index contributed by atoms with van der Waals surface area (Å²) in [5.74, 6) is -6.36. The Balaban J connectivity index is 0.715. The molecule has 5 aliphatic rings. The van der Waals surface area contributed by atoms with Crippen LogP contribution in [0.4, 0.5) is 5.69 Å². The van der Waals surface area contributed by atoms with Gasteiger partial charge in [-0.3, -0.25) is 43.7 Å². The van der Waals surface area contributed by atoms with Gasteiger partial charge in [-0.25, -0.2) is 0 Å². The Morgan fingerprint density at radius 1 is 0.728 bits per heavy atom. The molecular formula is C58H65N7O16. The monoisotopic (exact) mass is 1120 g/mol. The lowest BCUT2D eigenvalue weighted by Crippen LogP contribution is -2.53. The van der Waals surface area contributed by atoms with Crippen LogP contribution in [0.3, 0.4) is 0 Å². The summed E-state index contributed by atoms with van der Waals surface area (Å²) in [6.45, 7) is 0.282. The van der Waals surface area contributed by atoms with Crippen LogP contribution in [0.2, 0.25) is 0 Å². The molecule has 4 aromatic carbocycles. The van der Waals surface area contributed by atoms with Crippen molar-refractivity contribution in [2.24, 2.45) is 0 Å².